The van der Waals surface area contributed by atoms with Crippen LogP contribution in [0.4, 0.5) is 17.1 Å². The molecular weight excluding hydrogens is 497 g/mol. The lowest BCUT2D eigenvalue weighted by atomic mass is 10.0. The van der Waals surface area contributed by atoms with Gasteiger partial charge in [-0.05, 0) is 59.9 Å². The second kappa shape index (κ2) is 10.6. The maximum absolute atomic E-state index is 13.1. The van der Waals surface area contributed by atoms with Gasteiger partial charge in [0.2, 0.25) is 5.91 Å². The molecule has 8 heteroatoms. The molecule has 2 N–H and O–H groups in total. The lowest BCUT2D eigenvalue weighted by Gasteiger charge is -2.18. The molecule has 0 fully saturated rings. The van der Waals surface area contributed by atoms with Crippen molar-refractivity contribution in [3.63, 3.8) is 0 Å². The van der Waals surface area contributed by atoms with E-state index in [4.69, 9.17) is 23.2 Å². The highest BCUT2D eigenvalue weighted by molar-refractivity contribution is 6.53. The molecule has 0 aliphatic carbocycles. The van der Waals surface area contributed by atoms with Crippen LogP contribution in [-0.2, 0) is 20.8 Å². The van der Waals surface area contributed by atoms with Gasteiger partial charge in [-0.15, -0.1) is 0 Å². The standard InChI is InChI=1S/C28H25Cl2N3O3/c1-16(2)20-7-4-5-9-22(20)32-24(34)15-18-11-13-19(14-12-18)31-26-25(30)27(35)33(28(26)36)23-10-6-8-21(29)17(23)3/h4-14,16,31H,15H2,1-3H3,(H,32,34). The zero-order valence-corrected chi connectivity index (χ0v) is 21.6. The Balaban J connectivity index is 1.44. The second-order valence-electron chi connectivity index (χ2n) is 8.81. The number of nitrogens with zero attached hydrogens (tertiary/aromatic N) is 1. The van der Waals surface area contributed by atoms with E-state index in [1.54, 1.807) is 49.4 Å². The number of benzene rings is 3. The first-order chi connectivity index (χ1) is 17.2. The van der Waals surface area contributed by atoms with E-state index in [1.807, 2.05) is 24.3 Å². The maximum Gasteiger partial charge on any atom is 0.283 e. The van der Waals surface area contributed by atoms with Crippen LogP contribution in [0.15, 0.2) is 77.5 Å². The molecule has 0 aromatic heterocycles. The first-order valence-corrected chi connectivity index (χ1v) is 12.2. The summed E-state index contributed by atoms with van der Waals surface area (Å²) in [6.07, 6.45) is 0.190. The third-order valence-electron chi connectivity index (χ3n) is 5.95. The van der Waals surface area contributed by atoms with E-state index in [9.17, 15) is 14.4 Å². The highest BCUT2D eigenvalue weighted by atomic mass is 35.5. The van der Waals surface area contributed by atoms with Gasteiger partial charge in [-0.2, -0.15) is 0 Å². The highest BCUT2D eigenvalue weighted by Gasteiger charge is 2.39. The lowest BCUT2D eigenvalue weighted by molar-refractivity contribution is -0.120. The van der Waals surface area contributed by atoms with E-state index in [-0.39, 0.29) is 29.0 Å². The molecule has 0 saturated heterocycles. The predicted octanol–water partition coefficient (Wildman–Crippen LogP) is 6.39. The van der Waals surface area contributed by atoms with Crippen LogP contribution in [0.5, 0.6) is 0 Å². The molecule has 3 aromatic rings. The van der Waals surface area contributed by atoms with E-state index in [0.717, 1.165) is 21.7 Å². The van der Waals surface area contributed by atoms with Gasteiger partial charge in [-0.3, -0.25) is 14.4 Å². The Morgan fingerprint density at radius 1 is 0.917 bits per heavy atom. The van der Waals surface area contributed by atoms with Crippen LogP contribution in [0.2, 0.25) is 5.02 Å². The van der Waals surface area contributed by atoms with Gasteiger partial charge in [0.05, 0.1) is 12.1 Å². The van der Waals surface area contributed by atoms with Gasteiger partial charge in [-0.25, -0.2) is 4.90 Å². The summed E-state index contributed by atoms with van der Waals surface area (Å²) in [6, 6.07) is 19.8. The Morgan fingerprint density at radius 2 is 1.61 bits per heavy atom. The van der Waals surface area contributed by atoms with Crippen LogP contribution in [0, 0.1) is 6.92 Å². The van der Waals surface area contributed by atoms with Gasteiger partial charge < -0.3 is 10.6 Å². The summed E-state index contributed by atoms with van der Waals surface area (Å²) in [4.78, 5) is 39.4. The van der Waals surface area contributed by atoms with Gasteiger partial charge in [0, 0.05) is 16.4 Å². The normalized spacial score (nSPS) is 13.6. The molecule has 3 aromatic carbocycles. The summed E-state index contributed by atoms with van der Waals surface area (Å²) in [5.41, 5.74) is 4.21. The number of carbonyl (C=O) groups is 3. The maximum atomic E-state index is 13.1. The Kier molecular flexibility index (Phi) is 7.48. The lowest BCUT2D eigenvalue weighted by Crippen LogP contribution is -2.32. The summed E-state index contributed by atoms with van der Waals surface area (Å²) in [5.74, 6) is -1.03. The number of imide groups is 1. The van der Waals surface area contributed by atoms with Crippen molar-refractivity contribution in [2.45, 2.75) is 33.1 Å². The molecule has 184 valence electrons. The topological polar surface area (TPSA) is 78.5 Å². The minimum atomic E-state index is -0.621. The molecule has 0 unspecified atom stereocenters. The third kappa shape index (κ3) is 5.15. The Hall–Kier alpha value is -3.61. The first-order valence-electron chi connectivity index (χ1n) is 11.5. The van der Waals surface area contributed by atoms with E-state index < -0.39 is 11.8 Å². The fourth-order valence-electron chi connectivity index (χ4n) is 4.01. The Labute approximate surface area is 219 Å². The molecule has 3 amide bonds. The number of para-hydroxylation sites is 1. The molecule has 1 aliphatic heterocycles. The van der Waals surface area contributed by atoms with Crippen molar-refractivity contribution in [2.24, 2.45) is 0 Å². The number of hydrogen-bond acceptors (Lipinski definition) is 4. The summed E-state index contributed by atoms with van der Waals surface area (Å²) in [6.45, 7) is 5.89. The Bertz CT molecular complexity index is 1380. The van der Waals surface area contributed by atoms with Gasteiger partial charge in [-0.1, -0.05) is 73.4 Å². The number of carbonyl (C=O) groups excluding carboxylic acids is 3. The van der Waals surface area contributed by atoms with Crippen LogP contribution in [0.1, 0.15) is 36.5 Å². The summed E-state index contributed by atoms with van der Waals surface area (Å²) < 4.78 is 0. The van der Waals surface area contributed by atoms with E-state index in [1.165, 1.54) is 0 Å². The zero-order valence-electron chi connectivity index (χ0n) is 20.1. The van der Waals surface area contributed by atoms with Crippen molar-refractivity contribution in [1.29, 1.82) is 0 Å². The molecule has 0 atom stereocenters. The van der Waals surface area contributed by atoms with Crippen molar-refractivity contribution >= 4 is 58.0 Å². The molecule has 36 heavy (non-hydrogen) atoms. The zero-order chi connectivity index (χ0) is 26.0. The predicted molar refractivity (Wildman–Crippen MR) is 144 cm³/mol. The van der Waals surface area contributed by atoms with Crippen molar-refractivity contribution in [1.82, 2.24) is 0 Å². The number of nitrogens with one attached hydrogen (secondary N) is 2. The minimum Gasteiger partial charge on any atom is -0.350 e. The molecule has 0 saturated carbocycles. The average molecular weight is 522 g/mol. The fraction of sp³-hybridized carbons (Fsp3) is 0.179. The number of halogens is 2. The van der Waals surface area contributed by atoms with Crippen LogP contribution in [0.3, 0.4) is 0 Å². The molecule has 4 rings (SSSR count). The Morgan fingerprint density at radius 3 is 2.31 bits per heavy atom. The minimum absolute atomic E-state index is 0.0168. The van der Waals surface area contributed by atoms with Gasteiger partial charge in [0.25, 0.3) is 11.8 Å². The monoisotopic (exact) mass is 521 g/mol. The largest absolute Gasteiger partial charge is 0.350 e. The highest BCUT2D eigenvalue weighted by Crippen LogP contribution is 2.34. The van der Waals surface area contributed by atoms with Gasteiger partial charge in [0.15, 0.2) is 0 Å². The van der Waals surface area contributed by atoms with Crippen molar-refractivity contribution in [3.8, 4) is 0 Å². The molecule has 1 aliphatic rings. The summed E-state index contributed by atoms with van der Waals surface area (Å²) in [5, 5.41) is 6.17. The molecule has 6 nitrogen and oxygen atoms in total. The van der Waals surface area contributed by atoms with E-state index in [0.29, 0.717) is 22.0 Å². The van der Waals surface area contributed by atoms with E-state index >= 15 is 0 Å². The summed E-state index contributed by atoms with van der Waals surface area (Å²) >= 11 is 12.4. The molecular formula is C28H25Cl2N3O3. The van der Waals surface area contributed by atoms with Crippen molar-refractivity contribution < 1.29 is 14.4 Å². The summed E-state index contributed by atoms with van der Waals surface area (Å²) in [7, 11) is 0. The van der Waals surface area contributed by atoms with Crippen LogP contribution >= 0.6 is 23.2 Å². The van der Waals surface area contributed by atoms with Crippen LogP contribution in [0.25, 0.3) is 0 Å². The number of hydrogen-bond donors (Lipinski definition) is 2. The average Bonchev–Trinajstić information content (AvgIpc) is 3.05. The number of anilines is 3. The van der Waals surface area contributed by atoms with Crippen molar-refractivity contribution in [3.05, 3.63) is 99.2 Å². The number of rotatable bonds is 7. The molecule has 0 bridgehead atoms. The fourth-order valence-corrected chi connectivity index (χ4v) is 4.39. The van der Waals surface area contributed by atoms with Crippen LogP contribution < -0.4 is 15.5 Å². The molecule has 0 spiro atoms. The van der Waals surface area contributed by atoms with E-state index in [2.05, 4.69) is 24.5 Å². The number of amides is 3. The van der Waals surface area contributed by atoms with Gasteiger partial charge >= 0.3 is 0 Å². The third-order valence-corrected chi connectivity index (χ3v) is 6.71. The first kappa shape index (κ1) is 25.5. The van der Waals surface area contributed by atoms with Crippen molar-refractivity contribution in [2.75, 3.05) is 15.5 Å². The quantitative estimate of drug-likeness (QED) is 0.353. The van der Waals surface area contributed by atoms with Gasteiger partial charge in [0.1, 0.15) is 10.7 Å². The van der Waals surface area contributed by atoms with Crippen LogP contribution in [-0.4, -0.2) is 17.7 Å². The smallest absolute Gasteiger partial charge is 0.283 e. The SMILES string of the molecule is Cc1c(Cl)cccc1N1C(=O)C(Cl)=C(Nc2ccc(CC(=O)Nc3ccccc3C(C)C)cc2)C1=O. The molecule has 0 radical (unpaired) electrons. The second-order valence-corrected chi connectivity index (χ2v) is 9.59. The molecule has 1 heterocycles.